The molecule has 6 heteroatoms. The fourth-order valence-corrected chi connectivity index (χ4v) is 2.45. The minimum atomic E-state index is -1.07. The maximum atomic E-state index is 12.3. The molecule has 126 valence electrons. The summed E-state index contributed by atoms with van der Waals surface area (Å²) in [4.78, 5) is 29.9. The number of carbonyl (C=O) groups excluding carboxylic acids is 1. The highest BCUT2D eigenvalue weighted by Crippen LogP contribution is 2.22. The van der Waals surface area contributed by atoms with Crippen molar-refractivity contribution in [2.24, 2.45) is 0 Å². The lowest BCUT2D eigenvalue weighted by atomic mass is 10.1. The van der Waals surface area contributed by atoms with Crippen LogP contribution in [0.25, 0.3) is 0 Å². The van der Waals surface area contributed by atoms with Gasteiger partial charge in [-0.2, -0.15) is 0 Å². The molecule has 2 aromatic rings. The number of anilines is 2. The maximum absolute atomic E-state index is 12.3. The number of amides is 1. The van der Waals surface area contributed by atoms with Crippen LogP contribution < -0.4 is 10.2 Å². The van der Waals surface area contributed by atoms with E-state index in [2.05, 4.69) is 10.3 Å². The number of hydrogen-bond donors (Lipinski definition) is 2. The quantitative estimate of drug-likeness (QED) is 0.851. The van der Waals surface area contributed by atoms with Gasteiger partial charge in [-0.05, 0) is 39.0 Å². The molecule has 0 fully saturated rings. The summed E-state index contributed by atoms with van der Waals surface area (Å²) < 4.78 is 0. The molecule has 0 radical (unpaired) electrons. The van der Waals surface area contributed by atoms with Gasteiger partial charge in [-0.15, -0.1) is 0 Å². The Morgan fingerprint density at radius 2 is 1.92 bits per heavy atom. The van der Waals surface area contributed by atoms with E-state index in [1.165, 1.54) is 12.3 Å². The fraction of sp³-hybridized carbons (Fsp3) is 0.278. The Hall–Kier alpha value is -2.89. The Morgan fingerprint density at radius 1 is 1.21 bits per heavy atom. The van der Waals surface area contributed by atoms with Crippen LogP contribution in [0.2, 0.25) is 0 Å². The molecule has 24 heavy (non-hydrogen) atoms. The second-order valence-electron chi connectivity index (χ2n) is 5.40. The van der Waals surface area contributed by atoms with Gasteiger partial charge < -0.3 is 15.3 Å². The zero-order valence-corrected chi connectivity index (χ0v) is 14.0. The highest BCUT2D eigenvalue weighted by molar-refractivity contribution is 6.05. The predicted octanol–water partition coefficient (Wildman–Crippen LogP) is 3.19. The van der Waals surface area contributed by atoms with Crippen molar-refractivity contribution in [2.75, 3.05) is 23.3 Å². The number of nitrogens with zero attached hydrogens (tertiary/aromatic N) is 2. The lowest BCUT2D eigenvalue weighted by Crippen LogP contribution is -2.25. The highest BCUT2D eigenvalue weighted by Gasteiger charge is 2.17. The fourth-order valence-electron chi connectivity index (χ4n) is 2.45. The number of rotatable bonds is 6. The van der Waals surface area contributed by atoms with E-state index in [1.807, 2.05) is 31.7 Å². The third-order valence-electron chi connectivity index (χ3n) is 3.70. The number of hydrogen-bond acceptors (Lipinski definition) is 4. The average molecular weight is 327 g/mol. The molecule has 6 nitrogen and oxygen atoms in total. The van der Waals surface area contributed by atoms with Gasteiger partial charge in [0.25, 0.3) is 5.91 Å². The lowest BCUT2D eigenvalue weighted by Gasteiger charge is -2.21. The monoisotopic (exact) mass is 327 g/mol. The minimum Gasteiger partial charge on any atom is -0.478 e. The molecule has 2 rings (SSSR count). The van der Waals surface area contributed by atoms with Gasteiger partial charge in [0, 0.05) is 18.7 Å². The minimum absolute atomic E-state index is 0.0701. The zero-order chi connectivity index (χ0) is 17.7. The maximum Gasteiger partial charge on any atom is 0.339 e. The molecule has 1 aromatic carbocycles. The molecule has 0 aliphatic carbocycles. The van der Waals surface area contributed by atoms with Crippen LogP contribution in [0, 0.1) is 6.92 Å². The summed E-state index contributed by atoms with van der Waals surface area (Å²) in [6.07, 6.45) is 1.48. The number of aromatic nitrogens is 1. The van der Waals surface area contributed by atoms with Gasteiger partial charge in [0.2, 0.25) is 0 Å². The van der Waals surface area contributed by atoms with Crippen molar-refractivity contribution >= 4 is 23.4 Å². The molecule has 1 heterocycles. The van der Waals surface area contributed by atoms with Crippen molar-refractivity contribution in [2.45, 2.75) is 20.8 Å². The largest absolute Gasteiger partial charge is 0.478 e. The van der Waals surface area contributed by atoms with Crippen molar-refractivity contribution in [3.05, 3.63) is 53.2 Å². The summed E-state index contributed by atoms with van der Waals surface area (Å²) in [5, 5.41) is 12.1. The number of aryl methyl sites for hydroxylation is 1. The van der Waals surface area contributed by atoms with Gasteiger partial charge in [-0.3, -0.25) is 4.79 Å². The Bertz CT molecular complexity index is 755. The summed E-state index contributed by atoms with van der Waals surface area (Å²) in [5.74, 6) is -0.968. The Balaban J connectivity index is 2.30. The number of carboxylic acid groups (broad SMARTS) is 1. The summed E-state index contributed by atoms with van der Waals surface area (Å²) in [6, 6.07) is 8.62. The molecular weight excluding hydrogens is 306 g/mol. The standard InChI is InChI=1S/C18H21N3O3/c1-4-21(5-2)16-15(18(23)24)10-14(11-19-16)20-17(22)13-8-6-7-12(3)9-13/h6-11H,4-5H2,1-3H3,(H,20,22)(H,23,24). The van der Waals surface area contributed by atoms with E-state index in [1.54, 1.807) is 18.2 Å². The third-order valence-corrected chi connectivity index (χ3v) is 3.70. The number of carboxylic acids is 1. The summed E-state index contributed by atoms with van der Waals surface area (Å²) >= 11 is 0. The number of pyridine rings is 1. The van der Waals surface area contributed by atoms with Crippen LogP contribution in [0.5, 0.6) is 0 Å². The van der Waals surface area contributed by atoms with Gasteiger partial charge in [0.15, 0.2) is 0 Å². The van der Waals surface area contributed by atoms with E-state index >= 15 is 0 Å². The second-order valence-corrected chi connectivity index (χ2v) is 5.40. The molecule has 1 amide bonds. The first-order valence-corrected chi connectivity index (χ1v) is 7.82. The van der Waals surface area contributed by atoms with Gasteiger partial charge >= 0.3 is 5.97 Å². The van der Waals surface area contributed by atoms with Crippen LogP contribution in [-0.2, 0) is 0 Å². The second kappa shape index (κ2) is 7.59. The smallest absolute Gasteiger partial charge is 0.339 e. The van der Waals surface area contributed by atoms with Crippen LogP contribution in [0.15, 0.2) is 36.5 Å². The van der Waals surface area contributed by atoms with Crippen molar-refractivity contribution in [1.29, 1.82) is 0 Å². The summed E-state index contributed by atoms with van der Waals surface area (Å²) in [6.45, 7) is 7.08. The molecule has 0 aliphatic heterocycles. The first-order chi connectivity index (χ1) is 11.5. The SMILES string of the molecule is CCN(CC)c1ncc(NC(=O)c2cccc(C)c2)cc1C(=O)O. The summed E-state index contributed by atoms with van der Waals surface area (Å²) in [5.41, 5.74) is 1.92. The van der Waals surface area contributed by atoms with Crippen LogP contribution in [0.3, 0.4) is 0 Å². The molecular formula is C18H21N3O3. The Morgan fingerprint density at radius 3 is 2.50 bits per heavy atom. The van der Waals surface area contributed by atoms with Gasteiger partial charge in [0.1, 0.15) is 11.4 Å². The van der Waals surface area contributed by atoms with E-state index in [4.69, 9.17) is 0 Å². The van der Waals surface area contributed by atoms with E-state index in [0.717, 1.165) is 5.56 Å². The zero-order valence-electron chi connectivity index (χ0n) is 14.0. The molecule has 0 atom stereocenters. The van der Waals surface area contributed by atoms with Crippen molar-refractivity contribution in [3.63, 3.8) is 0 Å². The van der Waals surface area contributed by atoms with E-state index in [-0.39, 0.29) is 11.5 Å². The van der Waals surface area contributed by atoms with Crippen LogP contribution >= 0.6 is 0 Å². The van der Waals surface area contributed by atoms with Crippen molar-refractivity contribution < 1.29 is 14.7 Å². The molecule has 0 aliphatic rings. The van der Waals surface area contributed by atoms with E-state index in [0.29, 0.717) is 30.2 Å². The van der Waals surface area contributed by atoms with Crippen LogP contribution in [0.4, 0.5) is 11.5 Å². The molecule has 0 saturated heterocycles. The first-order valence-electron chi connectivity index (χ1n) is 7.82. The van der Waals surface area contributed by atoms with Gasteiger partial charge in [-0.25, -0.2) is 9.78 Å². The van der Waals surface area contributed by atoms with Crippen molar-refractivity contribution in [1.82, 2.24) is 4.98 Å². The highest BCUT2D eigenvalue weighted by atomic mass is 16.4. The third kappa shape index (κ3) is 3.90. The van der Waals surface area contributed by atoms with Crippen LogP contribution in [-0.4, -0.2) is 35.1 Å². The molecule has 2 N–H and O–H groups in total. The molecule has 0 spiro atoms. The number of aromatic carboxylic acids is 1. The van der Waals surface area contributed by atoms with Gasteiger partial charge in [-0.1, -0.05) is 17.7 Å². The van der Waals surface area contributed by atoms with E-state index < -0.39 is 5.97 Å². The van der Waals surface area contributed by atoms with E-state index in [9.17, 15) is 14.7 Å². The Labute approximate surface area is 141 Å². The average Bonchev–Trinajstić information content (AvgIpc) is 2.56. The number of benzene rings is 1. The van der Waals surface area contributed by atoms with Crippen LogP contribution in [0.1, 0.15) is 40.1 Å². The number of nitrogens with one attached hydrogen (secondary N) is 1. The molecule has 0 saturated carbocycles. The molecule has 1 aromatic heterocycles. The van der Waals surface area contributed by atoms with Crippen molar-refractivity contribution in [3.8, 4) is 0 Å². The first kappa shape index (κ1) is 17.5. The molecule has 0 bridgehead atoms. The summed E-state index contributed by atoms with van der Waals surface area (Å²) in [7, 11) is 0. The van der Waals surface area contributed by atoms with Gasteiger partial charge in [0.05, 0.1) is 11.9 Å². The normalized spacial score (nSPS) is 10.3. The predicted molar refractivity (Wildman–Crippen MR) is 93.9 cm³/mol. The Kier molecular flexibility index (Phi) is 5.52. The number of carbonyl (C=O) groups is 2. The topological polar surface area (TPSA) is 82.5 Å². The lowest BCUT2D eigenvalue weighted by molar-refractivity contribution is 0.0697. The molecule has 0 unspecified atom stereocenters.